The van der Waals surface area contributed by atoms with E-state index in [0.717, 1.165) is 5.56 Å². The molecule has 0 unspecified atom stereocenters. The molecule has 0 radical (unpaired) electrons. The number of rotatable bonds is 1. The second kappa shape index (κ2) is 2.88. The van der Waals surface area contributed by atoms with Crippen LogP contribution < -0.4 is 0 Å². The zero-order valence-electron chi connectivity index (χ0n) is 7.19. The Morgan fingerprint density at radius 3 is 2.89 bits per heavy atom. The van der Waals surface area contributed by atoms with Gasteiger partial charge in [0.25, 0.3) is 0 Å². The zero-order valence-corrected chi connectivity index (χ0v) is 5.94. The maximum atomic E-state index is 7.20. The van der Waals surface area contributed by atoms with Crippen LogP contribution in [0.1, 0.15) is 13.9 Å². The molecule has 0 nitrogen and oxygen atoms in total. The molecular formula is C8H9Cl. The van der Waals surface area contributed by atoms with Crippen LogP contribution in [0.5, 0.6) is 0 Å². The topological polar surface area (TPSA) is 0 Å². The molecule has 1 rings (SSSR count). The van der Waals surface area contributed by atoms with Crippen molar-refractivity contribution in [2.75, 3.05) is 0 Å². The molecule has 0 aliphatic carbocycles. The summed E-state index contributed by atoms with van der Waals surface area (Å²) >= 11 is 5.46. The predicted molar refractivity (Wildman–Crippen MR) is 40.7 cm³/mol. The third-order valence-electron chi connectivity index (χ3n) is 1.13. The first-order valence-corrected chi connectivity index (χ1v) is 3.14. The van der Waals surface area contributed by atoms with E-state index in [9.17, 15) is 0 Å². The van der Waals surface area contributed by atoms with Gasteiger partial charge in [0.05, 0.1) is 0 Å². The van der Waals surface area contributed by atoms with Gasteiger partial charge in [-0.1, -0.05) is 29.8 Å². The Balaban J connectivity index is 3.06. The Bertz CT molecular complexity index is 253. The molecule has 48 valence electrons. The van der Waals surface area contributed by atoms with Crippen molar-refractivity contribution in [1.82, 2.24) is 0 Å². The van der Waals surface area contributed by atoms with Crippen LogP contribution in [0.4, 0.5) is 0 Å². The molecule has 0 heterocycles. The van der Waals surface area contributed by atoms with E-state index in [2.05, 4.69) is 0 Å². The highest BCUT2D eigenvalue weighted by atomic mass is 35.5. The molecule has 0 N–H and O–H groups in total. The highest BCUT2D eigenvalue weighted by Crippen LogP contribution is 2.05. The van der Waals surface area contributed by atoms with E-state index in [1.54, 1.807) is 18.2 Å². The van der Waals surface area contributed by atoms with E-state index >= 15 is 0 Å². The molecule has 0 fully saturated rings. The lowest BCUT2D eigenvalue weighted by atomic mass is 10.2. The lowest BCUT2D eigenvalue weighted by Crippen LogP contribution is -1.76. The van der Waals surface area contributed by atoms with E-state index in [-0.39, 0.29) is 0 Å². The van der Waals surface area contributed by atoms with Gasteiger partial charge >= 0.3 is 0 Å². The molecule has 0 aliphatic rings. The average Bonchev–Trinajstić information content (AvgIpc) is 1.86. The molecule has 0 amide bonds. The van der Waals surface area contributed by atoms with E-state index in [4.69, 9.17) is 14.3 Å². The number of alkyl halides is 1. The Labute approximate surface area is 63.3 Å². The molecule has 9 heavy (non-hydrogen) atoms. The molecule has 1 heteroatoms. The van der Waals surface area contributed by atoms with Gasteiger partial charge in [-0.3, -0.25) is 0 Å². The monoisotopic (exact) mass is 142 g/mol. The van der Waals surface area contributed by atoms with Crippen molar-refractivity contribution < 1.29 is 2.74 Å². The number of benzene rings is 1. The lowest BCUT2D eigenvalue weighted by molar-refractivity contribution is 1.35. The van der Waals surface area contributed by atoms with Gasteiger partial charge in [-0.15, -0.1) is 11.6 Å². The molecule has 1 aromatic rings. The van der Waals surface area contributed by atoms with Gasteiger partial charge in [0, 0.05) is 8.57 Å². The summed E-state index contributed by atoms with van der Waals surface area (Å²) in [7, 11) is 0. The largest absolute Gasteiger partial charge is 0.122 e. The molecular weight excluding hydrogens is 132 g/mol. The fourth-order valence-electron chi connectivity index (χ4n) is 0.704. The van der Waals surface area contributed by atoms with Crippen molar-refractivity contribution in [3.63, 3.8) is 0 Å². The van der Waals surface area contributed by atoms with Gasteiger partial charge in [0.2, 0.25) is 0 Å². The molecule has 0 saturated carbocycles. The number of aryl methyl sites for hydroxylation is 1. The van der Waals surface area contributed by atoms with Crippen molar-refractivity contribution in [1.29, 1.82) is 0 Å². The van der Waals surface area contributed by atoms with Crippen LogP contribution in [0.3, 0.4) is 0 Å². The maximum absolute atomic E-state index is 7.20. The predicted octanol–water partition coefficient (Wildman–Crippen LogP) is 2.73. The van der Waals surface area contributed by atoms with Crippen molar-refractivity contribution >= 4 is 11.6 Å². The lowest BCUT2D eigenvalue weighted by Gasteiger charge is -1.94. The van der Waals surface area contributed by atoms with Crippen molar-refractivity contribution in [3.05, 3.63) is 35.4 Å². The minimum absolute atomic E-state index is 0.513. The second-order valence-electron chi connectivity index (χ2n) is 1.96. The molecule has 0 atom stereocenters. The first-order valence-electron chi connectivity index (χ1n) is 3.76. The summed E-state index contributed by atoms with van der Waals surface area (Å²) in [4.78, 5) is 0. The van der Waals surface area contributed by atoms with Gasteiger partial charge < -0.3 is 0 Å². The van der Waals surface area contributed by atoms with Crippen LogP contribution in [0, 0.1) is 6.92 Å². The van der Waals surface area contributed by atoms with Gasteiger partial charge in [0.15, 0.2) is 0 Å². The number of halogens is 1. The smallest absolute Gasteiger partial charge is 0.0486 e. The summed E-state index contributed by atoms with van der Waals surface area (Å²) in [5.41, 5.74) is 1.53. The van der Waals surface area contributed by atoms with Crippen LogP contribution in [0.2, 0.25) is 0 Å². The number of hydrogen-bond donors (Lipinski definition) is 0. The fourth-order valence-corrected chi connectivity index (χ4v) is 0.821. The third kappa shape index (κ3) is 1.72. The second-order valence-corrected chi connectivity index (χ2v) is 2.15. The molecule has 0 spiro atoms. The van der Waals surface area contributed by atoms with Crippen LogP contribution in [0.25, 0.3) is 0 Å². The quantitative estimate of drug-likeness (QED) is 0.529. The molecule has 1 aromatic carbocycles. The minimum atomic E-state index is -1.74. The Morgan fingerprint density at radius 1 is 1.67 bits per heavy atom. The molecule has 0 bridgehead atoms. The van der Waals surface area contributed by atoms with Gasteiger partial charge in [0.1, 0.15) is 0 Å². The van der Waals surface area contributed by atoms with E-state index in [0.29, 0.717) is 5.56 Å². The van der Waals surface area contributed by atoms with Gasteiger partial charge in [-0.05, 0) is 12.5 Å². The fraction of sp³-hybridized carbons (Fsp3) is 0.250. The molecule has 0 aromatic heterocycles. The third-order valence-corrected chi connectivity index (χ3v) is 1.35. The highest BCUT2D eigenvalue weighted by molar-refractivity contribution is 6.17. The van der Waals surface area contributed by atoms with Crippen LogP contribution in [-0.4, -0.2) is 0 Å². The minimum Gasteiger partial charge on any atom is -0.122 e. The Morgan fingerprint density at radius 2 is 2.44 bits per heavy atom. The SMILES string of the molecule is [2H]C([2H])(Cl)c1cccc(C)c1. The summed E-state index contributed by atoms with van der Waals surface area (Å²) < 4.78 is 14.4. The Kier molecular flexibility index (Phi) is 1.39. The maximum Gasteiger partial charge on any atom is 0.0486 e. The summed E-state index contributed by atoms with van der Waals surface area (Å²) in [5, 5.41) is 0. The van der Waals surface area contributed by atoms with E-state index in [1.165, 1.54) is 0 Å². The van der Waals surface area contributed by atoms with E-state index in [1.807, 2.05) is 13.0 Å². The van der Waals surface area contributed by atoms with E-state index < -0.39 is 5.83 Å². The van der Waals surface area contributed by atoms with Crippen molar-refractivity contribution in [2.24, 2.45) is 0 Å². The summed E-state index contributed by atoms with van der Waals surface area (Å²) in [5.74, 6) is -1.74. The first-order chi connectivity index (χ1) is 5.00. The summed E-state index contributed by atoms with van der Waals surface area (Å²) in [6.45, 7) is 1.91. The summed E-state index contributed by atoms with van der Waals surface area (Å²) in [6.07, 6.45) is 0. The molecule has 0 saturated heterocycles. The highest BCUT2D eigenvalue weighted by Gasteiger charge is 1.87. The van der Waals surface area contributed by atoms with Crippen LogP contribution in [-0.2, 0) is 5.83 Å². The summed E-state index contributed by atoms with van der Waals surface area (Å²) in [6, 6.07) is 7.13. The molecule has 0 aliphatic heterocycles. The normalized spacial score (nSPS) is 14.4. The first kappa shape index (κ1) is 4.35. The average molecular weight is 143 g/mol. The van der Waals surface area contributed by atoms with Gasteiger partial charge in [-0.2, -0.15) is 0 Å². The van der Waals surface area contributed by atoms with Gasteiger partial charge in [-0.25, -0.2) is 0 Å². The zero-order chi connectivity index (χ0) is 8.48. The van der Waals surface area contributed by atoms with Crippen LogP contribution in [0.15, 0.2) is 24.3 Å². The Hall–Kier alpha value is -0.490. The number of hydrogen-bond acceptors (Lipinski definition) is 0. The van der Waals surface area contributed by atoms with Crippen LogP contribution >= 0.6 is 11.6 Å². The standard InChI is InChI=1S/C8H9Cl/c1-7-3-2-4-8(5-7)6-9/h2-5H,6H2,1H3/i6D2. The van der Waals surface area contributed by atoms with Crippen molar-refractivity contribution in [3.8, 4) is 0 Å². The van der Waals surface area contributed by atoms with Crippen molar-refractivity contribution in [2.45, 2.75) is 12.8 Å².